The van der Waals surface area contributed by atoms with Crippen molar-refractivity contribution in [2.45, 2.75) is 25.9 Å². The van der Waals surface area contributed by atoms with Gasteiger partial charge in [0.25, 0.3) is 0 Å². The second-order valence-electron chi connectivity index (χ2n) is 3.04. The van der Waals surface area contributed by atoms with Gasteiger partial charge in [0.15, 0.2) is 5.12 Å². The van der Waals surface area contributed by atoms with E-state index in [1.807, 2.05) is 0 Å². The van der Waals surface area contributed by atoms with E-state index in [0.717, 1.165) is 11.8 Å². The quantitative estimate of drug-likeness (QED) is 0.633. The summed E-state index contributed by atoms with van der Waals surface area (Å²) in [5, 5.41) is 11.5. The van der Waals surface area contributed by atoms with E-state index in [1.54, 1.807) is 0 Å². The zero-order valence-corrected chi connectivity index (χ0v) is 9.48. The predicted molar refractivity (Wildman–Crippen MR) is 57.4 cm³/mol. The monoisotopic (exact) mass is 237 g/mol. The molecule has 4 nitrogen and oxygen atoms in total. The van der Waals surface area contributed by atoms with E-state index >= 15 is 0 Å². The lowest BCUT2D eigenvalue weighted by Gasteiger charge is -2.06. The molecule has 2 N–H and O–H groups in total. The fourth-order valence-corrected chi connectivity index (χ4v) is 1.61. The molecule has 0 aliphatic heterocycles. The van der Waals surface area contributed by atoms with Gasteiger partial charge >= 0.3 is 0 Å². The molecular weight excluding hydrogens is 221 g/mol. The van der Waals surface area contributed by atoms with Crippen LogP contribution < -0.4 is 5.32 Å². The fourth-order valence-electron chi connectivity index (χ4n) is 0.871. The zero-order chi connectivity index (χ0) is 11.7. The smallest absolute Gasteiger partial charge is 0.216 e. The number of rotatable bonds is 7. The van der Waals surface area contributed by atoms with Crippen LogP contribution >= 0.6 is 11.8 Å². The van der Waals surface area contributed by atoms with Gasteiger partial charge in [-0.25, -0.2) is 0 Å². The van der Waals surface area contributed by atoms with Gasteiger partial charge in [-0.2, -0.15) is 0 Å². The first-order chi connectivity index (χ1) is 7.06. The molecule has 1 amide bonds. The molecule has 0 aromatic rings. The van der Waals surface area contributed by atoms with Crippen molar-refractivity contribution < 1.29 is 19.1 Å². The van der Waals surface area contributed by atoms with Crippen molar-refractivity contribution in [3.05, 3.63) is 0 Å². The Morgan fingerprint density at radius 3 is 2.73 bits per heavy atom. The molecule has 1 atom stereocenters. The molecule has 0 rings (SSSR count). The second-order valence-corrected chi connectivity index (χ2v) is 4.19. The molecule has 0 aliphatic rings. The molecule has 0 heterocycles. The molecule has 15 heavy (non-hydrogen) atoms. The molecule has 0 bridgehead atoms. The lowest BCUT2D eigenvalue weighted by atomic mass is 10.2. The van der Waals surface area contributed by atoms with Crippen LogP contribution in [0.2, 0.25) is 0 Å². The third kappa shape index (κ3) is 9.68. The highest BCUT2D eigenvalue weighted by molar-refractivity contribution is 8.13. The first-order valence-corrected chi connectivity index (χ1v) is 5.69. The Morgan fingerprint density at radius 1 is 1.53 bits per heavy atom. The van der Waals surface area contributed by atoms with Crippen molar-refractivity contribution in [1.82, 2.24) is 5.32 Å². The first kappa shape index (κ1) is 14.4. The summed E-state index contributed by atoms with van der Waals surface area (Å²) in [7, 11) is 0. The summed E-state index contributed by atoms with van der Waals surface area (Å²) in [6, 6.07) is 0. The van der Waals surface area contributed by atoms with Crippen LogP contribution in [-0.4, -0.2) is 41.2 Å². The van der Waals surface area contributed by atoms with Crippen LogP contribution in [0.4, 0.5) is 4.39 Å². The highest BCUT2D eigenvalue weighted by Crippen LogP contribution is 2.09. The van der Waals surface area contributed by atoms with Gasteiger partial charge in [-0.05, 0) is 0 Å². The predicted octanol–water partition coefficient (Wildman–Crippen LogP) is 0.493. The van der Waals surface area contributed by atoms with Crippen LogP contribution in [0.15, 0.2) is 0 Å². The van der Waals surface area contributed by atoms with Gasteiger partial charge in [-0.1, -0.05) is 11.8 Å². The largest absolute Gasteiger partial charge is 0.393 e. The van der Waals surface area contributed by atoms with Crippen molar-refractivity contribution in [2.24, 2.45) is 0 Å². The highest BCUT2D eigenvalue weighted by Gasteiger charge is 2.10. The third-order valence-electron chi connectivity index (χ3n) is 1.58. The molecular formula is C9H16FNO3S. The summed E-state index contributed by atoms with van der Waals surface area (Å²) in [5.41, 5.74) is 0. The molecule has 0 radical (unpaired) electrons. The van der Waals surface area contributed by atoms with Crippen LogP contribution in [0, 0.1) is 0 Å². The van der Waals surface area contributed by atoms with Crippen molar-refractivity contribution in [1.29, 1.82) is 0 Å². The maximum atomic E-state index is 11.8. The van der Waals surface area contributed by atoms with Crippen molar-refractivity contribution in [3.8, 4) is 0 Å². The number of amides is 1. The van der Waals surface area contributed by atoms with E-state index in [4.69, 9.17) is 5.11 Å². The average Bonchev–Trinajstić information content (AvgIpc) is 2.12. The van der Waals surface area contributed by atoms with Gasteiger partial charge < -0.3 is 10.4 Å². The summed E-state index contributed by atoms with van der Waals surface area (Å²) in [6.45, 7) is 1.20. The van der Waals surface area contributed by atoms with Crippen molar-refractivity contribution >= 4 is 22.8 Å². The van der Waals surface area contributed by atoms with E-state index in [0.29, 0.717) is 12.3 Å². The lowest BCUT2D eigenvalue weighted by molar-refractivity contribution is -0.119. The molecule has 0 saturated carbocycles. The molecule has 88 valence electrons. The summed E-state index contributed by atoms with van der Waals surface area (Å²) in [6.07, 6.45) is -0.928. The van der Waals surface area contributed by atoms with Crippen LogP contribution in [0.5, 0.6) is 0 Å². The molecule has 1 unspecified atom stereocenters. The minimum Gasteiger partial charge on any atom is -0.393 e. The van der Waals surface area contributed by atoms with E-state index < -0.39 is 12.8 Å². The number of nitrogens with one attached hydrogen (secondary N) is 1. The molecule has 0 saturated heterocycles. The van der Waals surface area contributed by atoms with Gasteiger partial charge in [-0.3, -0.25) is 14.0 Å². The first-order valence-electron chi connectivity index (χ1n) is 4.70. The molecule has 0 aliphatic carbocycles. The maximum Gasteiger partial charge on any atom is 0.216 e. The summed E-state index contributed by atoms with van der Waals surface area (Å²) < 4.78 is 11.8. The fraction of sp³-hybridized carbons (Fsp3) is 0.778. The van der Waals surface area contributed by atoms with Crippen LogP contribution in [0.1, 0.15) is 19.8 Å². The third-order valence-corrected chi connectivity index (χ3v) is 2.48. The number of carbonyl (C=O) groups excluding carboxylic acids is 2. The summed E-state index contributed by atoms with van der Waals surface area (Å²) >= 11 is 1.04. The molecule has 0 aromatic heterocycles. The number of hydrogen-bond acceptors (Lipinski definition) is 4. The number of halogens is 1. The Hall–Kier alpha value is -0.620. The molecule has 0 fully saturated rings. The van der Waals surface area contributed by atoms with E-state index in [2.05, 4.69) is 5.32 Å². The topological polar surface area (TPSA) is 66.4 Å². The number of thioether (sulfide) groups is 1. The number of hydrogen-bond donors (Lipinski definition) is 2. The van der Waals surface area contributed by atoms with Gasteiger partial charge in [-0.15, -0.1) is 0 Å². The Bertz CT molecular complexity index is 214. The lowest BCUT2D eigenvalue weighted by Crippen LogP contribution is -2.23. The van der Waals surface area contributed by atoms with E-state index in [-0.39, 0.29) is 23.9 Å². The summed E-state index contributed by atoms with van der Waals surface area (Å²) in [5.74, 6) is 0.335. The van der Waals surface area contributed by atoms with Gasteiger partial charge in [0.2, 0.25) is 5.91 Å². The number of carbonyl (C=O) groups is 2. The highest BCUT2D eigenvalue weighted by atomic mass is 32.2. The minimum atomic E-state index is -0.893. The number of aliphatic hydroxyl groups excluding tert-OH is 1. The Kier molecular flexibility index (Phi) is 8.31. The van der Waals surface area contributed by atoms with Crippen LogP contribution in [-0.2, 0) is 9.59 Å². The summed E-state index contributed by atoms with van der Waals surface area (Å²) in [4.78, 5) is 21.6. The minimum absolute atomic E-state index is 0.00199. The zero-order valence-electron chi connectivity index (χ0n) is 8.66. The van der Waals surface area contributed by atoms with Crippen molar-refractivity contribution in [2.75, 3.05) is 19.0 Å². The Labute approximate surface area is 92.6 Å². The van der Waals surface area contributed by atoms with E-state index in [1.165, 1.54) is 6.92 Å². The normalized spacial score (nSPS) is 12.2. The van der Waals surface area contributed by atoms with Crippen LogP contribution in [0.25, 0.3) is 0 Å². The van der Waals surface area contributed by atoms with Crippen molar-refractivity contribution in [3.63, 3.8) is 0 Å². The molecule has 0 aromatic carbocycles. The maximum absolute atomic E-state index is 11.8. The average molecular weight is 237 g/mol. The number of alkyl halides is 1. The number of aliphatic hydroxyl groups is 1. The van der Waals surface area contributed by atoms with Gasteiger partial charge in [0.1, 0.15) is 0 Å². The molecule has 6 heteroatoms. The standard InChI is InChI=1S/C9H16FNO3S/c1-7(12)11-4-5-15-9(14)6-8(13)2-3-10/h8,13H,2-6H2,1H3,(H,11,12). The van der Waals surface area contributed by atoms with Gasteiger partial charge in [0, 0.05) is 32.1 Å². The molecule has 0 spiro atoms. The van der Waals surface area contributed by atoms with Gasteiger partial charge in [0.05, 0.1) is 12.8 Å². The Balaban J connectivity index is 3.44. The SMILES string of the molecule is CC(=O)NCCSC(=O)CC(O)CCF. The van der Waals surface area contributed by atoms with Crippen LogP contribution in [0.3, 0.4) is 0 Å². The Morgan fingerprint density at radius 2 is 2.20 bits per heavy atom. The second kappa shape index (κ2) is 8.67. The van der Waals surface area contributed by atoms with E-state index in [9.17, 15) is 14.0 Å².